The van der Waals surface area contributed by atoms with Crippen LogP contribution in [0.2, 0.25) is 5.02 Å². The van der Waals surface area contributed by atoms with E-state index in [-0.39, 0.29) is 5.91 Å². The summed E-state index contributed by atoms with van der Waals surface area (Å²) in [5.41, 5.74) is 1.37. The molecule has 1 aromatic heterocycles. The third-order valence-electron chi connectivity index (χ3n) is 2.45. The van der Waals surface area contributed by atoms with Gasteiger partial charge in [-0.15, -0.1) is 0 Å². The monoisotopic (exact) mass is 327 g/mol. The highest BCUT2D eigenvalue weighted by Gasteiger charge is 2.13. The SMILES string of the molecule is CCc1cc(NC(=O)c2cccc(Br)c2Cl)n[nH]1. The zero-order valence-corrected chi connectivity index (χ0v) is 12.0. The van der Waals surface area contributed by atoms with E-state index in [1.54, 1.807) is 24.3 Å². The van der Waals surface area contributed by atoms with E-state index in [0.717, 1.165) is 12.1 Å². The van der Waals surface area contributed by atoms with Crippen molar-refractivity contribution in [2.24, 2.45) is 0 Å². The maximum atomic E-state index is 12.0. The van der Waals surface area contributed by atoms with Crippen LogP contribution in [0.25, 0.3) is 0 Å². The maximum Gasteiger partial charge on any atom is 0.258 e. The lowest BCUT2D eigenvalue weighted by molar-refractivity contribution is 0.102. The van der Waals surface area contributed by atoms with Crippen LogP contribution in [-0.4, -0.2) is 16.1 Å². The van der Waals surface area contributed by atoms with Gasteiger partial charge in [0.2, 0.25) is 0 Å². The standard InChI is InChI=1S/C12H11BrClN3O/c1-2-7-6-10(17-16-7)15-12(18)8-4-3-5-9(13)11(8)14/h3-6H,2H2,1H3,(H2,15,16,17,18). The normalized spacial score (nSPS) is 10.4. The molecule has 2 rings (SSSR count). The minimum Gasteiger partial charge on any atom is -0.305 e. The van der Waals surface area contributed by atoms with Gasteiger partial charge in [-0.25, -0.2) is 0 Å². The van der Waals surface area contributed by atoms with Crippen LogP contribution in [0.4, 0.5) is 5.82 Å². The molecule has 0 spiro atoms. The van der Waals surface area contributed by atoms with Gasteiger partial charge in [-0.1, -0.05) is 24.6 Å². The van der Waals surface area contributed by atoms with Gasteiger partial charge < -0.3 is 5.32 Å². The van der Waals surface area contributed by atoms with Gasteiger partial charge in [0.15, 0.2) is 5.82 Å². The Morgan fingerprint density at radius 1 is 1.56 bits per heavy atom. The molecule has 1 amide bonds. The Balaban J connectivity index is 2.19. The zero-order valence-electron chi connectivity index (χ0n) is 9.63. The molecule has 0 fully saturated rings. The van der Waals surface area contributed by atoms with Crippen molar-refractivity contribution in [3.63, 3.8) is 0 Å². The van der Waals surface area contributed by atoms with Crippen LogP contribution in [0, 0.1) is 0 Å². The molecule has 0 atom stereocenters. The quantitative estimate of drug-likeness (QED) is 0.903. The fourth-order valence-electron chi connectivity index (χ4n) is 1.47. The molecule has 0 saturated heterocycles. The highest BCUT2D eigenvalue weighted by molar-refractivity contribution is 9.10. The number of amides is 1. The molecule has 0 radical (unpaired) electrons. The van der Waals surface area contributed by atoms with E-state index in [2.05, 4.69) is 31.4 Å². The average molecular weight is 329 g/mol. The number of halogens is 2. The predicted octanol–water partition coefficient (Wildman–Crippen LogP) is 3.64. The van der Waals surface area contributed by atoms with Crippen LogP contribution in [-0.2, 0) is 6.42 Å². The molecule has 94 valence electrons. The molecule has 0 saturated carbocycles. The van der Waals surface area contributed by atoms with Crippen LogP contribution in [0.15, 0.2) is 28.7 Å². The Morgan fingerprint density at radius 3 is 3.00 bits per heavy atom. The van der Waals surface area contributed by atoms with Crippen molar-refractivity contribution in [1.29, 1.82) is 0 Å². The molecule has 2 N–H and O–H groups in total. The molecule has 0 aliphatic carbocycles. The molecule has 0 bridgehead atoms. The van der Waals surface area contributed by atoms with Crippen molar-refractivity contribution < 1.29 is 4.79 Å². The highest BCUT2D eigenvalue weighted by Crippen LogP contribution is 2.26. The Bertz CT molecular complexity index is 582. The number of hydrogen-bond acceptors (Lipinski definition) is 2. The predicted molar refractivity (Wildman–Crippen MR) is 75.1 cm³/mol. The van der Waals surface area contributed by atoms with Gasteiger partial charge in [-0.3, -0.25) is 9.89 Å². The maximum absolute atomic E-state index is 12.0. The topological polar surface area (TPSA) is 57.8 Å². The minimum atomic E-state index is -0.282. The first-order valence-electron chi connectivity index (χ1n) is 5.41. The summed E-state index contributed by atoms with van der Waals surface area (Å²) in [6.07, 6.45) is 0.834. The van der Waals surface area contributed by atoms with Crippen molar-refractivity contribution in [3.8, 4) is 0 Å². The van der Waals surface area contributed by atoms with Gasteiger partial charge in [0, 0.05) is 16.2 Å². The van der Waals surface area contributed by atoms with E-state index in [1.807, 2.05) is 6.92 Å². The third-order valence-corrected chi connectivity index (χ3v) is 3.75. The number of carbonyl (C=O) groups excluding carboxylic acids is 1. The molecule has 0 unspecified atom stereocenters. The number of anilines is 1. The summed E-state index contributed by atoms with van der Waals surface area (Å²) in [5.74, 6) is 0.211. The smallest absolute Gasteiger partial charge is 0.258 e. The number of H-pyrrole nitrogens is 1. The molecule has 0 aliphatic rings. The third kappa shape index (κ3) is 2.73. The molecular weight excluding hydrogens is 318 g/mol. The number of nitrogens with zero attached hydrogens (tertiary/aromatic N) is 1. The summed E-state index contributed by atoms with van der Waals surface area (Å²) in [5, 5.41) is 9.91. The van der Waals surface area contributed by atoms with Crippen LogP contribution in [0.5, 0.6) is 0 Å². The fraction of sp³-hybridized carbons (Fsp3) is 0.167. The first-order chi connectivity index (χ1) is 8.61. The van der Waals surface area contributed by atoms with Crippen molar-refractivity contribution in [2.75, 3.05) is 5.32 Å². The molecule has 4 nitrogen and oxygen atoms in total. The summed E-state index contributed by atoms with van der Waals surface area (Å²) >= 11 is 9.33. The van der Waals surface area contributed by atoms with E-state index in [4.69, 9.17) is 11.6 Å². The Kier molecular flexibility index (Phi) is 4.04. The first kappa shape index (κ1) is 13.1. The number of nitrogens with one attached hydrogen (secondary N) is 2. The van der Waals surface area contributed by atoms with Gasteiger partial charge in [0.05, 0.1) is 10.6 Å². The van der Waals surface area contributed by atoms with Crippen molar-refractivity contribution in [3.05, 3.63) is 45.0 Å². The molecule has 6 heteroatoms. The van der Waals surface area contributed by atoms with Crippen LogP contribution < -0.4 is 5.32 Å². The highest BCUT2D eigenvalue weighted by atomic mass is 79.9. The molecule has 1 aromatic carbocycles. The van der Waals surface area contributed by atoms with Gasteiger partial charge in [-0.05, 0) is 34.5 Å². The van der Waals surface area contributed by atoms with Crippen LogP contribution >= 0.6 is 27.5 Å². The van der Waals surface area contributed by atoms with E-state index in [0.29, 0.717) is 20.9 Å². The number of rotatable bonds is 3. The van der Waals surface area contributed by atoms with Crippen LogP contribution in [0.1, 0.15) is 23.0 Å². The summed E-state index contributed by atoms with van der Waals surface area (Å²) in [6.45, 7) is 2.00. The first-order valence-corrected chi connectivity index (χ1v) is 6.58. The second kappa shape index (κ2) is 5.54. The zero-order chi connectivity index (χ0) is 13.1. The molecule has 18 heavy (non-hydrogen) atoms. The Hall–Kier alpha value is -1.33. The number of aromatic amines is 1. The minimum absolute atomic E-state index is 0.282. The summed E-state index contributed by atoms with van der Waals surface area (Å²) < 4.78 is 0.688. The Morgan fingerprint density at radius 2 is 2.33 bits per heavy atom. The van der Waals surface area contributed by atoms with E-state index >= 15 is 0 Å². The molecular formula is C12H11BrClN3O. The molecule has 2 aromatic rings. The Labute approximate surface area is 118 Å². The van der Waals surface area contributed by atoms with Crippen molar-refractivity contribution in [2.45, 2.75) is 13.3 Å². The van der Waals surface area contributed by atoms with E-state index < -0.39 is 0 Å². The molecule has 1 heterocycles. The van der Waals surface area contributed by atoms with Gasteiger partial charge >= 0.3 is 0 Å². The lowest BCUT2D eigenvalue weighted by atomic mass is 10.2. The number of benzene rings is 1. The van der Waals surface area contributed by atoms with Crippen molar-refractivity contribution in [1.82, 2.24) is 10.2 Å². The summed E-state index contributed by atoms with van der Waals surface area (Å²) in [4.78, 5) is 12.0. The lowest BCUT2D eigenvalue weighted by Crippen LogP contribution is -2.12. The summed E-state index contributed by atoms with van der Waals surface area (Å²) in [7, 11) is 0. The fourth-order valence-corrected chi connectivity index (χ4v) is 2.05. The molecule has 0 aliphatic heterocycles. The van der Waals surface area contributed by atoms with Crippen molar-refractivity contribution >= 4 is 39.3 Å². The second-order valence-corrected chi connectivity index (χ2v) is 4.92. The lowest BCUT2D eigenvalue weighted by Gasteiger charge is -2.05. The van der Waals surface area contributed by atoms with E-state index in [1.165, 1.54) is 0 Å². The van der Waals surface area contributed by atoms with E-state index in [9.17, 15) is 4.79 Å². The van der Waals surface area contributed by atoms with Gasteiger partial charge in [-0.2, -0.15) is 5.10 Å². The van der Waals surface area contributed by atoms with Crippen LogP contribution in [0.3, 0.4) is 0 Å². The number of aryl methyl sites for hydroxylation is 1. The number of carbonyl (C=O) groups is 1. The average Bonchev–Trinajstić information content (AvgIpc) is 2.80. The second-order valence-electron chi connectivity index (χ2n) is 3.69. The van der Waals surface area contributed by atoms with Gasteiger partial charge in [0.25, 0.3) is 5.91 Å². The number of hydrogen-bond donors (Lipinski definition) is 2. The largest absolute Gasteiger partial charge is 0.305 e. The number of aromatic nitrogens is 2. The van der Waals surface area contributed by atoms with Gasteiger partial charge in [0.1, 0.15) is 0 Å². The summed E-state index contributed by atoms with van der Waals surface area (Å²) in [6, 6.07) is 7.00.